The highest BCUT2D eigenvalue weighted by Gasteiger charge is 2.25. The first-order chi connectivity index (χ1) is 11.7. The number of benzene rings is 1. The number of fused-ring (bicyclic) bond motifs is 1. The minimum Gasteiger partial charge on any atom is -0.469 e. The van der Waals surface area contributed by atoms with Crippen molar-refractivity contribution in [2.24, 2.45) is 0 Å². The van der Waals surface area contributed by atoms with Crippen LogP contribution in [0.3, 0.4) is 0 Å². The lowest BCUT2D eigenvalue weighted by Gasteiger charge is -2.15. The van der Waals surface area contributed by atoms with Gasteiger partial charge in [-0.3, -0.25) is 0 Å². The van der Waals surface area contributed by atoms with Gasteiger partial charge in [0, 0.05) is 18.3 Å². The lowest BCUT2D eigenvalue weighted by atomic mass is 10.1. The van der Waals surface area contributed by atoms with Gasteiger partial charge in [-0.25, -0.2) is 9.37 Å². The normalized spacial score (nSPS) is 15.8. The van der Waals surface area contributed by atoms with Crippen molar-refractivity contribution in [3.8, 4) is 17.8 Å². The van der Waals surface area contributed by atoms with Crippen LogP contribution in [-0.4, -0.2) is 14.8 Å². The maximum atomic E-state index is 13.3. The van der Waals surface area contributed by atoms with E-state index in [2.05, 4.69) is 16.2 Å². The van der Waals surface area contributed by atoms with Crippen molar-refractivity contribution in [1.82, 2.24) is 14.8 Å². The van der Waals surface area contributed by atoms with Gasteiger partial charge in [0.05, 0.1) is 17.8 Å². The van der Waals surface area contributed by atoms with Gasteiger partial charge in [0.2, 0.25) is 5.88 Å². The van der Waals surface area contributed by atoms with Gasteiger partial charge in [-0.1, -0.05) is 6.07 Å². The zero-order chi connectivity index (χ0) is 16.5. The third-order valence-corrected chi connectivity index (χ3v) is 4.09. The van der Waals surface area contributed by atoms with Crippen LogP contribution in [0.1, 0.15) is 29.2 Å². The highest BCUT2D eigenvalue weighted by atomic mass is 19.1. The molecule has 2 heterocycles. The number of rotatable bonds is 3. The van der Waals surface area contributed by atoms with E-state index in [1.54, 1.807) is 47.4 Å². The molecule has 1 atom stereocenters. The van der Waals surface area contributed by atoms with Gasteiger partial charge in [-0.15, -0.1) is 0 Å². The summed E-state index contributed by atoms with van der Waals surface area (Å²) in [5.74, 6) is 0.836. The molecule has 6 heteroatoms. The van der Waals surface area contributed by atoms with Crippen LogP contribution in [0.2, 0.25) is 0 Å². The van der Waals surface area contributed by atoms with Crippen LogP contribution in [0.4, 0.5) is 4.39 Å². The molecule has 1 unspecified atom stereocenters. The number of nitriles is 1. The molecule has 0 amide bonds. The van der Waals surface area contributed by atoms with E-state index in [1.807, 2.05) is 0 Å². The third kappa shape index (κ3) is 2.50. The summed E-state index contributed by atoms with van der Waals surface area (Å²) in [6, 6.07) is 11.9. The number of aromatic nitrogens is 3. The molecule has 0 spiro atoms. The van der Waals surface area contributed by atoms with E-state index < -0.39 is 0 Å². The Hall–Kier alpha value is -3.20. The van der Waals surface area contributed by atoms with Crippen molar-refractivity contribution >= 4 is 0 Å². The Kier molecular flexibility index (Phi) is 3.47. The van der Waals surface area contributed by atoms with Crippen molar-refractivity contribution in [3.05, 3.63) is 71.3 Å². The summed E-state index contributed by atoms with van der Waals surface area (Å²) < 4.78 is 21.0. The molecular weight excluding hydrogens is 307 g/mol. The molecule has 2 aromatic heterocycles. The summed E-state index contributed by atoms with van der Waals surface area (Å²) in [6.07, 6.45) is 4.61. The number of nitrogens with zero attached hydrogens (tertiary/aromatic N) is 4. The van der Waals surface area contributed by atoms with E-state index in [4.69, 9.17) is 10.00 Å². The average molecular weight is 320 g/mol. The molecule has 0 saturated carbocycles. The summed E-state index contributed by atoms with van der Waals surface area (Å²) in [4.78, 5) is 4.24. The first-order valence-corrected chi connectivity index (χ1v) is 7.60. The Morgan fingerprint density at radius 3 is 3.00 bits per heavy atom. The fourth-order valence-electron chi connectivity index (χ4n) is 2.97. The van der Waals surface area contributed by atoms with Gasteiger partial charge in [-0.05, 0) is 42.2 Å². The lowest BCUT2D eigenvalue weighted by molar-refractivity contribution is 0.193. The van der Waals surface area contributed by atoms with E-state index in [9.17, 15) is 4.39 Å². The Morgan fingerprint density at radius 1 is 1.21 bits per heavy atom. The third-order valence-electron chi connectivity index (χ3n) is 4.09. The van der Waals surface area contributed by atoms with Crippen LogP contribution in [0.25, 0.3) is 5.82 Å². The predicted octanol–water partition coefficient (Wildman–Crippen LogP) is 3.34. The van der Waals surface area contributed by atoms with Crippen LogP contribution in [-0.2, 0) is 6.42 Å². The molecule has 1 aliphatic rings. The average Bonchev–Trinajstić information content (AvgIpc) is 3.22. The zero-order valence-electron chi connectivity index (χ0n) is 12.7. The minimum atomic E-state index is -0.225. The molecule has 3 aromatic rings. The second-order valence-electron chi connectivity index (χ2n) is 5.58. The summed E-state index contributed by atoms with van der Waals surface area (Å²) in [6.45, 7) is 0. The van der Waals surface area contributed by atoms with Gasteiger partial charge in [0.15, 0.2) is 5.82 Å². The van der Waals surface area contributed by atoms with Gasteiger partial charge < -0.3 is 4.74 Å². The molecule has 1 aromatic carbocycles. The molecule has 0 radical (unpaired) electrons. The van der Waals surface area contributed by atoms with Crippen molar-refractivity contribution in [1.29, 1.82) is 5.26 Å². The summed E-state index contributed by atoms with van der Waals surface area (Å²) >= 11 is 0. The molecule has 0 bridgehead atoms. The largest absolute Gasteiger partial charge is 0.469 e. The van der Waals surface area contributed by atoms with Crippen molar-refractivity contribution in [2.75, 3.05) is 0 Å². The first-order valence-electron chi connectivity index (χ1n) is 7.60. The smallest absolute Gasteiger partial charge is 0.218 e. The molecule has 118 valence electrons. The highest BCUT2D eigenvalue weighted by Crippen LogP contribution is 2.35. The van der Waals surface area contributed by atoms with Crippen LogP contribution < -0.4 is 4.74 Å². The number of hydrogen-bond donors (Lipinski definition) is 0. The minimum absolute atomic E-state index is 0.143. The molecule has 1 aliphatic carbocycles. The van der Waals surface area contributed by atoms with Gasteiger partial charge in [0.1, 0.15) is 11.9 Å². The van der Waals surface area contributed by atoms with Gasteiger partial charge >= 0.3 is 0 Å². The second-order valence-corrected chi connectivity index (χ2v) is 5.58. The molecule has 0 saturated heterocycles. The molecule has 0 fully saturated rings. The SMILES string of the molecule is N#Cc1ccnc(-n2nccc2OC2CCc3cc(F)ccc32)c1. The molecular formula is C18H13FN4O. The first kappa shape index (κ1) is 14.4. The van der Waals surface area contributed by atoms with E-state index in [0.29, 0.717) is 17.3 Å². The van der Waals surface area contributed by atoms with Crippen molar-refractivity contribution < 1.29 is 9.13 Å². The molecule has 0 aliphatic heterocycles. The molecule has 24 heavy (non-hydrogen) atoms. The van der Waals surface area contributed by atoms with Crippen molar-refractivity contribution in [2.45, 2.75) is 18.9 Å². The Morgan fingerprint density at radius 2 is 2.12 bits per heavy atom. The van der Waals surface area contributed by atoms with Crippen molar-refractivity contribution in [3.63, 3.8) is 0 Å². The fourth-order valence-corrected chi connectivity index (χ4v) is 2.97. The second kappa shape index (κ2) is 5.78. The van der Waals surface area contributed by atoms with Crippen LogP contribution in [0.5, 0.6) is 5.88 Å². The Balaban J connectivity index is 1.64. The monoisotopic (exact) mass is 320 g/mol. The molecule has 4 rings (SSSR count). The maximum Gasteiger partial charge on any atom is 0.218 e. The number of aryl methyl sites for hydroxylation is 1. The standard InChI is InChI=1S/C18H13FN4O/c19-14-2-3-15-13(10-14)1-4-16(15)24-18-6-8-22-23(18)17-9-12(11-20)5-7-21-17/h2-3,5-10,16H,1,4H2. The van der Waals surface area contributed by atoms with Crippen LogP contribution in [0, 0.1) is 17.1 Å². The van der Waals surface area contributed by atoms with E-state index in [1.165, 1.54) is 6.07 Å². The highest BCUT2D eigenvalue weighted by molar-refractivity contribution is 5.38. The van der Waals surface area contributed by atoms with Crippen LogP contribution in [0.15, 0.2) is 48.8 Å². The zero-order valence-corrected chi connectivity index (χ0v) is 12.7. The quantitative estimate of drug-likeness (QED) is 0.742. The number of ether oxygens (including phenoxy) is 1. The van der Waals surface area contributed by atoms with E-state index in [0.717, 1.165) is 24.0 Å². The Labute approximate surface area is 137 Å². The number of pyridine rings is 1. The summed E-state index contributed by atoms with van der Waals surface area (Å²) in [5, 5.41) is 13.3. The van der Waals surface area contributed by atoms with E-state index in [-0.39, 0.29) is 11.9 Å². The van der Waals surface area contributed by atoms with Gasteiger partial charge in [0.25, 0.3) is 0 Å². The number of halogens is 1. The summed E-state index contributed by atoms with van der Waals surface area (Å²) in [7, 11) is 0. The topological polar surface area (TPSA) is 63.7 Å². The van der Waals surface area contributed by atoms with Crippen LogP contribution >= 0.6 is 0 Å². The fraction of sp³-hybridized carbons (Fsp3) is 0.167. The molecule has 0 N–H and O–H groups in total. The predicted molar refractivity (Wildman–Crippen MR) is 84.2 cm³/mol. The van der Waals surface area contributed by atoms with E-state index >= 15 is 0 Å². The lowest BCUT2D eigenvalue weighted by Crippen LogP contribution is -2.09. The molecule has 5 nitrogen and oxygen atoms in total. The Bertz CT molecular complexity index is 944. The van der Waals surface area contributed by atoms with Gasteiger partial charge in [-0.2, -0.15) is 15.0 Å². The maximum absolute atomic E-state index is 13.3. The number of hydrogen-bond acceptors (Lipinski definition) is 4. The summed E-state index contributed by atoms with van der Waals surface area (Å²) in [5.41, 5.74) is 2.49.